The second kappa shape index (κ2) is 11.1. The average molecular weight is 491 g/mol. The topological polar surface area (TPSA) is 49.9 Å². The molecule has 5 nitrogen and oxygen atoms in total. The molecule has 2 amide bonds. The monoisotopic (exact) mass is 490 g/mol. The van der Waals surface area contributed by atoms with Crippen molar-refractivity contribution < 1.29 is 14.3 Å². The molecule has 2 atom stereocenters. The number of thiophene rings is 1. The minimum absolute atomic E-state index is 0.0394. The highest BCUT2D eigenvalue weighted by atomic mass is 32.1. The van der Waals surface area contributed by atoms with Gasteiger partial charge in [0.15, 0.2) is 0 Å². The van der Waals surface area contributed by atoms with E-state index in [1.165, 1.54) is 4.88 Å². The van der Waals surface area contributed by atoms with E-state index in [9.17, 15) is 9.59 Å². The standard InChI is InChI=1S/C29H34N2O3S/c1-5-22(4)31(29(33)23-12-8-6-10-20(23)2)18-28(32)30-16-14-27-24(15-17-35-27)25(30)19-34-26-13-9-7-11-21(26)3/h6-13,15,17,22,25H,5,14,16,18-19H2,1-4H3/t22-,25-/m0/s1. The summed E-state index contributed by atoms with van der Waals surface area (Å²) in [6.45, 7) is 9.08. The first-order valence-corrected chi connectivity index (χ1v) is 13.2. The van der Waals surface area contributed by atoms with Gasteiger partial charge in [0.25, 0.3) is 5.91 Å². The Balaban J connectivity index is 1.57. The highest BCUT2D eigenvalue weighted by Gasteiger charge is 2.34. The van der Waals surface area contributed by atoms with E-state index in [2.05, 4.69) is 11.4 Å². The summed E-state index contributed by atoms with van der Waals surface area (Å²) in [5, 5.41) is 2.09. The van der Waals surface area contributed by atoms with Gasteiger partial charge in [0.2, 0.25) is 5.91 Å². The Morgan fingerprint density at radius 2 is 1.80 bits per heavy atom. The molecule has 35 heavy (non-hydrogen) atoms. The predicted molar refractivity (Wildman–Crippen MR) is 141 cm³/mol. The number of hydrogen-bond donors (Lipinski definition) is 0. The predicted octanol–water partition coefficient (Wildman–Crippen LogP) is 5.81. The zero-order chi connectivity index (χ0) is 24.9. The third-order valence-corrected chi connectivity index (χ3v) is 7.97. The van der Waals surface area contributed by atoms with Gasteiger partial charge in [-0.05, 0) is 73.9 Å². The SMILES string of the molecule is CC[C@H](C)N(CC(=O)N1CCc2sccc2[C@@H]1COc1ccccc1C)C(=O)c1ccccc1C. The molecule has 0 saturated carbocycles. The molecule has 184 valence electrons. The number of ether oxygens (including phenoxy) is 1. The number of hydrogen-bond acceptors (Lipinski definition) is 4. The Morgan fingerprint density at radius 3 is 2.51 bits per heavy atom. The smallest absolute Gasteiger partial charge is 0.254 e. The minimum Gasteiger partial charge on any atom is -0.491 e. The molecule has 3 aromatic rings. The fourth-order valence-corrected chi connectivity index (χ4v) is 5.54. The van der Waals surface area contributed by atoms with Crippen molar-refractivity contribution in [3.8, 4) is 5.75 Å². The molecular formula is C29H34N2O3S. The first-order valence-electron chi connectivity index (χ1n) is 12.3. The fourth-order valence-electron chi connectivity index (χ4n) is 4.61. The largest absolute Gasteiger partial charge is 0.491 e. The lowest BCUT2D eigenvalue weighted by Crippen LogP contribution is -2.50. The van der Waals surface area contributed by atoms with Crippen molar-refractivity contribution in [3.05, 3.63) is 87.1 Å². The summed E-state index contributed by atoms with van der Waals surface area (Å²) in [6, 6.07) is 17.4. The van der Waals surface area contributed by atoms with Gasteiger partial charge in [-0.15, -0.1) is 11.3 Å². The van der Waals surface area contributed by atoms with Crippen LogP contribution in [-0.2, 0) is 11.2 Å². The van der Waals surface area contributed by atoms with Crippen molar-refractivity contribution in [2.24, 2.45) is 0 Å². The Morgan fingerprint density at radius 1 is 1.09 bits per heavy atom. The Labute approximate surface area is 212 Å². The summed E-state index contributed by atoms with van der Waals surface area (Å²) in [5.41, 5.74) is 3.80. The molecule has 0 unspecified atom stereocenters. The van der Waals surface area contributed by atoms with Crippen LogP contribution in [0.1, 0.15) is 58.2 Å². The van der Waals surface area contributed by atoms with Crippen molar-refractivity contribution in [3.63, 3.8) is 0 Å². The molecule has 0 fully saturated rings. The van der Waals surface area contributed by atoms with Crippen LogP contribution in [-0.4, -0.2) is 47.4 Å². The van der Waals surface area contributed by atoms with E-state index < -0.39 is 0 Å². The Kier molecular flexibility index (Phi) is 7.91. The molecule has 2 aromatic carbocycles. The van der Waals surface area contributed by atoms with Gasteiger partial charge in [0.1, 0.15) is 18.9 Å². The minimum atomic E-state index is -0.176. The van der Waals surface area contributed by atoms with Crippen molar-refractivity contribution in [1.82, 2.24) is 9.80 Å². The summed E-state index contributed by atoms with van der Waals surface area (Å²) in [4.78, 5) is 32.2. The van der Waals surface area contributed by atoms with Crippen molar-refractivity contribution in [2.45, 2.75) is 52.6 Å². The number of fused-ring (bicyclic) bond motifs is 1. The van der Waals surface area contributed by atoms with Crippen LogP contribution in [0.2, 0.25) is 0 Å². The Hall–Kier alpha value is -3.12. The van der Waals surface area contributed by atoms with Gasteiger partial charge < -0.3 is 14.5 Å². The summed E-state index contributed by atoms with van der Waals surface area (Å²) < 4.78 is 6.22. The molecule has 1 aromatic heterocycles. The number of benzene rings is 2. The molecule has 6 heteroatoms. The maximum atomic E-state index is 13.7. The highest BCUT2D eigenvalue weighted by Crippen LogP contribution is 2.34. The van der Waals surface area contributed by atoms with Crippen LogP contribution < -0.4 is 4.74 Å². The summed E-state index contributed by atoms with van der Waals surface area (Å²) in [5.74, 6) is 0.701. The number of carbonyl (C=O) groups is 2. The van der Waals surface area contributed by atoms with Crippen LogP contribution in [0, 0.1) is 13.8 Å². The number of rotatable bonds is 8. The summed E-state index contributed by atoms with van der Waals surface area (Å²) in [7, 11) is 0. The molecule has 0 spiro atoms. The van der Waals surface area contributed by atoms with Gasteiger partial charge in [-0.3, -0.25) is 9.59 Å². The summed E-state index contributed by atoms with van der Waals surface area (Å²) in [6.07, 6.45) is 1.61. The molecule has 0 radical (unpaired) electrons. The number of nitrogens with zero attached hydrogens (tertiary/aromatic N) is 2. The zero-order valence-corrected chi connectivity index (χ0v) is 21.8. The van der Waals surface area contributed by atoms with E-state index >= 15 is 0 Å². The van der Waals surface area contributed by atoms with Crippen LogP contribution in [0.15, 0.2) is 60.0 Å². The van der Waals surface area contributed by atoms with E-state index in [-0.39, 0.29) is 30.4 Å². The normalized spacial score (nSPS) is 15.9. The average Bonchev–Trinajstić information content (AvgIpc) is 3.35. The molecule has 1 aliphatic rings. The molecule has 1 aliphatic heterocycles. The lowest BCUT2D eigenvalue weighted by molar-refractivity contribution is -0.136. The summed E-state index contributed by atoms with van der Waals surface area (Å²) >= 11 is 1.74. The van der Waals surface area contributed by atoms with Crippen molar-refractivity contribution >= 4 is 23.2 Å². The van der Waals surface area contributed by atoms with Crippen LogP contribution in [0.5, 0.6) is 5.75 Å². The van der Waals surface area contributed by atoms with Gasteiger partial charge in [0, 0.05) is 23.0 Å². The second-order valence-corrected chi connectivity index (χ2v) is 10.2. The van der Waals surface area contributed by atoms with E-state index in [4.69, 9.17) is 4.74 Å². The Bertz CT molecular complexity index is 1190. The van der Waals surface area contributed by atoms with Gasteiger partial charge in [0.05, 0.1) is 6.04 Å². The first kappa shape index (κ1) is 25.0. The second-order valence-electron chi connectivity index (χ2n) is 9.23. The van der Waals surface area contributed by atoms with E-state index in [0.717, 1.165) is 35.3 Å². The third kappa shape index (κ3) is 5.43. The van der Waals surface area contributed by atoms with Gasteiger partial charge in [-0.25, -0.2) is 0 Å². The quantitative estimate of drug-likeness (QED) is 0.400. The van der Waals surface area contributed by atoms with Gasteiger partial charge in [-0.2, -0.15) is 0 Å². The number of aryl methyl sites for hydroxylation is 2. The molecule has 0 saturated heterocycles. The third-order valence-electron chi connectivity index (χ3n) is 6.97. The van der Waals surface area contributed by atoms with Crippen LogP contribution in [0.4, 0.5) is 0 Å². The lowest BCUT2D eigenvalue weighted by Gasteiger charge is -2.38. The zero-order valence-electron chi connectivity index (χ0n) is 21.0. The molecular weight excluding hydrogens is 456 g/mol. The molecule has 0 N–H and O–H groups in total. The van der Waals surface area contributed by atoms with Crippen LogP contribution in [0.25, 0.3) is 0 Å². The van der Waals surface area contributed by atoms with E-state index in [1.54, 1.807) is 16.2 Å². The number of para-hydroxylation sites is 1. The molecule has 0 bridgehead atoms. The van der Waals surface area contributed by atoms with Gasteiger partial charge >= 0.3 is 0 Å². The molecule has 4 rings (SSSR count). The van der Waals surface area contributed by atoms with Crippen molar-refractivity contribution in [2.75, 3.05) is 19.7 Å². The number of carbonyl (C=O) groups excluding carboxylic acids is 2. The molecule has 2 heterocycles. The fraction of sp³-hybridized carbons (Fsp3) is 0.379. The number of amides is 2. The maximum Gasteiger partial charge on any atom is 0.254 e. The molecule has 0 aliphatic carbocycles. The maximum absolute atomic E-state index is 13.7. The van der Waals surface area contributed by atoms with Crippen molar-refractivity contribution in [1.29, 1.82) is 0 Å². The lowest BCUT2D eigenvalue weighted by atomic mass is 10.00. The van der Waals surface area contributed by atoms with E-state index in [0.29, 0.717) is 18.7 Å². The van der Waals surface area contributed by atoms with E-state index in [1.807, 2.05) is 81.1 Å². The first-order chi connectivity index (χ1) is 16.9. The van der Waals surface area contributed by atoms with Crippen LogP contribution >= 0.6 is 11.3 Å². The highest BCUT2D eigenvalue weighted by molar-refractivity contribution is 7.10. The van der Waals surface area contributed by atoms with Crippen LogP contribution in [0.3, 0.4) is 0 Å². The van der Waals surface area contributed by atoms with Gasteiger partial charge in [-0.1, -0.05) is 43.3 Å².